The molecule has 9 atom stereocenters. The molecule has 0 saturated carbocycles. The van der Waals surface area contributed by atoms with E-state index in [-0.39, 0.29) is 13.2 Å². The Hall–Kier alpha value is -3.45. The first kappa shape index (κ1) is 42.0. The van der Waals surface area contributed by atoms with E-state index in [1.807, 2.05) is 6.07 Å². The molecule has 0 aromatic heterocycles. The highest BCUT2D eigenvalue weighted by atomic mass is 28.3. The second-order valence-electron chi connectivity index (χ2n) is 13.5. The van der Waals surface area contributed by atoms with Crippen LogP contribution >= 0.6 is 0 Å². The monoisotopic (exact) mass is 742 g/mol. The van der Waals surface area contributed by atoms with Crippen LogP contribution in [0.4, 0.5) is 0 Å². The average molecular weight is 743 g/mol. The van der Waals surface area contributed by atoms with Crippen molar-refractivity contribution in [1.82, 2.24) is 0 Å². The molecule has 2 aliphatic heterocycles. The number of carbonyl (C=O) groups excluding carboxylic acids is 5. The van der Waals surface area contributed by atoms with E-state index in [4.69, 9.17) is 47.4 Å². The summed E-state index contributed by atoms with van der Waals surface area (Å²) in [6, 6.07) is 9.64. The van der Waals surface area contributed by atoms with Crippen molar-refractivity contribution in [3.8, 4) is 0 Å². The van der Waals surface area contributed by atoms with Crippen molar-refractivity contribution in [3.63, 3.8) is 0 Å². The summed E-state index contributed by atoms with van der Waals surface area (Å²) < 4.78 is 58.6. The second-order valence-corrected chi connectivity index (χ2v) is 19.1. The van der Waals surface area contributed by atoms with E-state index in [1.54, 1.807) is 24.3 Å². The van der Waals surface area contributed by atoms with Gasteiger partial charge in [-0.05, 0) is 11.6 Å². The Kier molecular flexibility index (Phi) is 15.5. The fourth-order valence-electron chi connectivity index (χ4n) is 5.46. The molecule has 51 heavy (non-hydrogen) atoms. The molecule has 0 amide bonds. The predicted octanol–water partition coefficient (Wildman–Crippen LogP) is 2.05. The third kappa shape index (κ3) is 12.9. The van der Waals surface area contributed by atoms with E-state index in [9.17, 15) is 29.1 Å². The van der Waals surface area contributed by atoms with Gasteiger partial charge < -0.3 is 52.5 Å². The van der Waals surface area contributed by atoms with Crippen LogP contribution in [0.2, 0.25) is 25.7 Å². The smallest absolute Gasteiger partial charge is 0.303 e. The number of rotatable bonds is 17. The van der Waals surface area contributed by atoms with Crippen molar-refractivity contribution in [3.05, 3.63) is 35.9 Å². The minimum absolute atomic E-state index is 0.0709. The van der Waals surface area contributed by atoms with Crippen molar-refractivity contribution < 1.29 is 76.4 Å². The molecule has 16 nitrogen and oxygen atoms in total. The standard InChI is InChI=1S/C34H50O16Si/c1-20(35)42-17-26-29(46-23(4)38)28(40)31(33(48-26)41-14-15-51(6,7)8)50-34(19-45-22(3)37)32(44-16-25-12-10-9-11-13-25)30(47-24(5)39)27(49-34)18-43-21(2)36/h9-13,26-33,40H,14-19H2,1-8H3/t26-,27-,28+,29+,30-,31-,32+,33-,34+/m1/s1. The van der Waals surface area contributed by atoms with Crippen LogP contribution < -0.4 is 0 Å². The number of carbonyl (C=O) groups is 5. The molecule has 2 fully saturated rings. The molecule has 0 radical (unpaired) electrons. The number of hydrogen-bond donors (Lipinski definition) is 1. The molecule has 1 aromatic rings. The van der Waals surface area contributed by atoms with Gasteiger partial charge in [-0.15, -0.1) is 0 Å². The lowest BCUT2D eigenvalue weighted by Gasteiger charge is -2.46. The van der Waals surface area contributed by atoms with Gasteiger partial charge in [0.05, 0.1) is 6.61 Å². The molecule has 2 heterocycles. The van der Waals surface area contributed by atoms with Gasteiger partial charge in [0.25, 0.3) is 0 Å². The molecule has 2 saturated heterocycles. The van der Waals surface area contributed by atoms with Gasteiger partial charge in [0, 0.05) is 49.3 Å². The first-order chi connectivity index (χ1) is 23.9. The minimum Gasteiger partial charge on any atom is -0.463 e. The Morgan fingerprint density at radius 1 is 0.745 bits per heavy atom. The molecule has 286 valence electrons. The van der Waals surface area contributed by atoms with Gasteiger partial charge in [0.15, 0.2) is 24.6 Å². The summed E-state index contributed by atoms with van der Waals surface area (Å²) in [5.41, 5.74) is 0.709. The van der Waals surface area contributed by atoms with E-state index in [1.165, 1.54) is 13.8 Å². The highest BCUT2D eigenvalue weighted by Gasteiger charge is 2.63. The van der Waals surface area contributed by atoms with E-state index < -0.39 is 113 Å². The van der Waals surface area contributed by atoms with Gasteiger partial charge in [0.2, 0.25) is 5.79 Å². The average Bonchev–Trinajstić information content (AvgIpc) is 3.30. The first-order valence-corrected chi connectivity index (χ1v) is 20.3. The second kappa shape index (κ2) is 18.9. The van der Waals surface area contributed by atoms with Crippen LogP contribution in [0.1, 0.15) is 40.2 Å². The Balaban J connectivity index is 2.15. The third-order valence-corrected chi connectivity index (χ3v) is 9.49. The van der Waals surface area contributed by atoms with Crippen molar-refractivity contribution in [2.45, 2.75) is 122 Å². The Bertz CT molecular complexity index is 1340. The summed E-state index contributed by atoms with van der Waals surface area (Å²) in [5, 5.41) is 11.9. The first-order valence-electron chi connectivity index (χ1n) is 16.6. The number of aliphatic hydroxyl groups excluding tert-OH is 1. The molecular formula is C34H50O16Si. The lowest BCUT2D eigenvalue weighted by Crippen LogP contribution is -2.65. The van der Waals surface area contributed by atoms with Gasteiger partial charge in [-0.1, -0.05) is 50.0 Å². The van der Waals surface area contributed by atoms with Gasteiger partial charge in [-0.3, -0.25) is 24.0 Å². The Morgan fingerprint density at radius 2 is 1.31 bits per heavy atom. The van der Waals surface area contributed by atoms with Gasteiger partial charge >= 0.3 is 29.8 Å². The van der Waals surface area contributed by atoms with Gasteiger partial charge in [-0.2, -0.15) is 0 Å². The maximum Gasteiger partial charge on any atom is 0.303 e. The molecule has 3 rings (SSSR count). The van der Waals surface area contributed by atoms with Crippen LogP contribution in [0.15, 0.2) is 30.3 Å². The molecule has 1 N–H and O–H groups in total. The lowest BCUT2D eigenvalue weighted by molar-refractivity contribution is -0.374. The van der Waals surface area contributed by atoms with Gasteiger partial charge in [0.1, 0.15) is 44.2 Å². The summed E-state index contributed by atoms with van der Waals surface area (Å²) in [5.74, 6) is -5.72. The van der Waals surface area contributed by atoms with E-state index >= 15 is 0 Å². The topological polar surface area (TPSA) is 198 Å². The summed E-state index contributed by atoms with van der Waals surface area (Å²) in [6.07, 6.45) is -11.2. The highest BCUT2D eigenvalue weighted by molar-refractivity contribution is 6.76. The van der Waals surface area contributed by atoms with Crippen LogP contribution in [0, 0.1) is 0 Å². The zero-order chi connectivity index (χ0) is 37.9. The minimum atomic E-state index is -2.18. The molecule has 2 aliphatic rings. The lowest BCUT2D eigenvalue weighted by atomic mass is 9.97. The summed E-state index contributed by atoms with van der Waals surface area (Å²) in [6.45, 7) is 10.8. The van der Waals surface area contributed by atoms with Crippen LogP contribution in [0.25, 0.3) is 0 Å². The number of hydrogen-bond acceptors (Lipinski definition) is 16. The third-order valence-electron chi connectivity index (χ3n) is 7.79. The number of aliphatic hydroxyl groups is 1. The van der Waals surface area contributed by atoms with Crippen LogP contribution in [-0.2, 0) is 77.9 Å². The van der Waals surface area contributed by atoms with E-state index in [2.05, 4.69) is 19.6 Å². The zero-order valence-corrected chi connectivity index (χ0v) is 31.3. The SMILES string of the molecule is CC(=O)OC[C@H]1O[C@@H](OCC[Si](C)(C)C)[C@H](O[C@]2(COC(C)=O)O[C@H](COC(C)=O)[C@@H](OC(C)=O)[C@@H]2OCc2ccccc2)[C@@H](O)[C@H]1OC(C)=O. The van der Waals surface area contributed by atoms with E-state index in [0.29, 0.717) is 11.6 Å². The maximum absolute atomic E-state index is 12.4. The Morgan fingerprint density at radius 3 is 1.86 bits per heavy atom. The zero-order valence-electron chi connectivity index (χ0n) is 30.3. The summed E-state index contributed by atoms with van der Waals surface area (Å²) >= 11 is 0. The van der Waals surface area contributed by atoms with E-state index in [0.717, 1.165) is 20.8 Å². The molecule has 0 unspecified atom stereocenters. The predicted molar refractivity (Wildman–Crippen MR) is 177 cm³/mol. The van der Waals surface area contributed by atoms with Crippen molar-refractivity contribution in [1.29, 1.82) is 0 Å². The van der Waals surface area contributed by atoms with Crippen molar-refractivity contribution in [2.75, 3.05) is 26.4 Å². The van der Waals surface area contributed by atoms with Crippen molar-refractivity contribution >= 4 is 37.9 Å². The largest absolute Gasteiger partial charge is 0.463 e. The fraction of sp³-hybridized carbons (Fsp3) is 0.676. The summed E-state index contributed by atoms with van der Waals surface area (Å²) in [4.78, 5) is 60.5. The number of esters is 5. The molecular weight excluding hydrogens is 692 g/mol. The van der Waals surface area contributed by atoms with Gasteiger partial charge in [-0.25, -0.2) is 0 Å². The summed E-state index contributed by atoms with van der Waals surface area (Å²) in [7, 11) is -1.66. The number of ether oxygens (including phenoxy) is 10. The molecule has 1 aromatic carbocycles. The van der Waals surface area contributed by atoms with Crippen LogP contribution in [0.3, 0.4) is 0 Å². The molecule has 17 heteroatoms. The highest BCUT2D eigenvalue weighted by Crippen LogP contribution is 2.41. The number of benzene rings is 1. The van der Waals surface area contributed by atoms with Crippen LogP contribution in [0.5, 0.6) is 0 Å². The van der Waals surface area contributed by atoms with Crippen LogP contribution in [-0.4, -0.2) is 124 Å². The molecule has 0 bridgehead atoms. The molecule has 0 spiro atoms. The fourth-order valence-corrected chi connectivity index (χ4v) is 6.19. The molecule has 0 aliphatic carbocycles. The Labute approximate surface area is 298 Å². The van der Waals surface area contributed by atoms with Crippen molar-refractivity contribution in [2.24, 2.45) is 0 Å². The maximum atomic E-state index is 12.4. The normalized spacial score (nSPS) is 29.1. The quantitative estimate of drug-likeness (QED) is 0.138.